The SMILES string of the molecule is NC(=O)C(=O)C(Cc1ccccc1)NC(=O)c1nnoc1-c1ccccn1. The van der Waals surface area contributed by atoms with Crippen LogP contribution in [0, 0.1) is 0 Å². The number of nitrogens with two attached hydrogens (primary N) is 1. The number of carbonyl (C=O) groups excluding carboxylic acids is 3. The Morgan fingerprint density at radius 1 is 1.07 bits per heavy atom. The first kappa shape index (κ1) is 17.9. The van der Waals surface area contributed by atoms with Gasteiger partial charge in [0.05, 0.1) is 0 Å². The van der Waals surface area contributed by atoms with E-state index in [1.54, 1.807) is 42.5 Å². The molecule has 9 heteroatoms. The lowest BCUT2D eigenvalue weighted by molar-refractivity contribution is -0.137. The zero-order chi connectivity index (χ0) is 19.2. The lowest BCUT2D eigenvalue weighted by Gasteiger charge is -2.15. The van der Waals surface area contributed by atoms with Crippen LogP contribution < -0.4 is 11.1 Å². The van der Waals surface area contributed by atoms with Gasteiger partial charge in [-0.05, 0) is 17.7 Å². The highest BCUT2D eigenvalue weighted by Gasteiger charge is 2.29. The summed E-state index contributed by atoms with van der Waals surface area (Å²) in [4.78, 5) is 40.2. The number of Topliss-reactive ketones (excluding diaryl/α,β-unsaturated/α-hetero) is 1. The number of rotatable bonds is 7. The van der Waals surface area contributed by atoms with Gasteiger partial charge in [-0.15, -0.1) is 5.10 Å². The average Bonchev–Trinajstić information content (AvgIpc) is 3.18. The highest BCUT2D eigenvalue weighted by molar-refractivity contribution is 6.38. The van der Waals surface area contributed by atoms with Gasteiger partial charge in [0.1, 0.15) is 11.7 Å². The van der Waals surface area contributed by atoms with Gasteiger partial charge in [-0.25, -0.2) is 0 Å². The van der Waals surface area contributed by atoms with Crippen LogP contribution in [-0.4, -0.2) is 39.0 Å². The Hall–Kier alpha value is -3.88. The second-order valence-electron chi connectivity index (χ2n) is 5.61. The number of carbonyl (C=O) groups is 3. The van der Waals surface area contributed by atoms with Gasteiger partial charge in [-0.1, -0.05) is 36.4 Å². The summed E-state index contributed by atoms with van der Waals surface area (Å²) in [5.41, 5.74) is 6.07. The first-order valence-corrected chi connectivity index (χ1v) is 7.98. The molecule has 3 aromatic rings. The maximum Gasteiger partial charge on any atom is 0.287 e. The molecule has 1 unspecified atom stereocenters. The fourth-order valence-corrected chi connectivity index (χ4v) is 2.46. The highest BCUT2D eigenvalue weighted by Crippen LogP contribution is 2.19. The molecule has 3 rings (SSSR count). The fourth-order valence-electron chi connectivity index (χ4n) is 2.46. The molecule has 1 atom stereocenters. The molecular weight excluding hydrogens is 350 g/mol. The van der Waals surface area contributed by atoms with Crippen LogP contribution in [-0.2, 0) is 16.0 Å². The predicted octanol–water partition coefficient (Wildman–Crippen LogP) is 0.527. The number of nitrogens with one attached hydrogen (secondary N) is 1. The first-order valence-electron chi connectivity index (χ1n) is 7.98. The fraction of sp³-hybridized carbons (Fsp3) is 0.111. The molecule has 0 saturated carbocycles. The minimum Gasteiger partial charge on any atom is -0.363 e. The van der Waals surface area contributed by atoms with Crippen LogP contribution >= 0.6 is 0 Å². The third-order valence-corrected chi connectivity index (χ3v) is 3.75. The number of amides is 2. The Bertz CT molecular complexity index is 956. The zero-order valence-electron chi connectivity index (χ0n) is 14.0. The molecule has 0 spiro atoms. The Kier molecular flexibility index (Phi) is 5.31. The van der Waals surface area contributed by atoms with Crippen LogP contribution in [0.2, 0.25) is 0 Å². The first-order chi connectivity index (χ1) is 13.1. The summed E-state index contributed by atoms with van der Waals surface area (Å²) >= 11 is 0. The molecule has 0 aliphatic heterocycles. The number of hydrogen-bond donors (Lipinski definition) is 2. The summed E-state index contributed by atoms with van der Waals surface area (Å²) in [6, 6.07) is 12.8. The zero-order valence-corrected chi connectivity index (χ0v) is 14.0. The molecule has 0 aliphatic rings. The second kappa shape index (κ2) is 8.00. The van der Waals surface area contributed by atoms with Gasteiger partial charge >= 0.3 is 0 Å². The molecule has 3 N–H and O–H groups in total. The van der Waals surface area contributed by atoms with Gasteiger partial charge in [0.25, 0.3) is 11.8 Å². The molecule has 0 radical (unpaired) electrons. The Morgan fingerprint density at radius 3 is 2.48 bits per heavy atom. The quantitative estimate of drug-likeness (QED) is 0.582. The van der Waals surface area contributed by atoms with Crippen LogP contribution in [0.3, 0.4) is 0 Å². The van der Waals surface area contributed by atoms with E-state index in [0.29, 0.717) is 5.69 Å². The summed E-state index contributed by atoms with van der Waals surface area (Å²) in [7, 11) is 0. The molecule has 136 valence electrons. The maximum atomic E-state index is 12.6. The molecule has 0 bridgehead atoms. The molecule has 2 amide bonds. The van der Waals surface area contributed by atoms with Gasteiger partial charge in [0, 0.05) is 17.9 Å². The number of nitrogens with zero attached hydrogens (tertiary/aromatic N) is 3. The van der Waals surface area contributed by atoms with Crippen LogP contribution in [0.4, 0.5) is 0 Å². The second-order valence-corrected chi connectivity index (χ2v) is 5.61. The van der Waals surface area contributed by atoms with Crippen molar-refractivity contribution in [3.05, 3.63) is 66.0 Å². The largest absolute Gasteiger partial charge is 0.363 e. The molecule has 0 aliphatic carbocycles. The minimum atomic E-state index is -1.15. The molecule has 2 aromatic heterocycles. The lowest BCUT2D eigenvalue weighted by atomic mass is 10.0. The molecule has 0 saturated heterocycles. The number of benzene rings is 1. The van der Waals surface area contributed by atoms with Crippen LogP contribution in [0.5, 0.6) is 0 Å². The van der Waals surface area contributed by atoms with Crippen molar-refractivity contribution in [2.45, 2.75) is 12.5 Å². The topological polar surface area (TPSA) is 141 Å². The molecular formula is C18H15N5O4. The van der Waals surface area contributed by atoms with E-state index in [9.17, 15) is 14.4 Å². The van der Waals surface area contributed by atoms with E-state index in [0.717, 1.165) is 5.56 Å². The Labute approximate surface area is 153 Å². The molecule has 9 nitrogen and oxygen atoms in total. The van der Waals surface area contributed by atoms with Crippen molar-refractivity contribution >= 4 is 17.6 Å². The van der Waals surface area contributed by atoms with Crippen molar-refractivity contribution in [3.8, 4) is 11.5 Å². The van der Waals surface area contributed by atoms with E-state index >= 15 is 0 Å². The van der Waals surface area contributed by atoms with E-state index in [2.05, 4.69) is 20.7 Å². The van der Waals surface area contributed by atoms with Crippen molar-refractivity contribution in [2.75, 3.05) is 0 Å². The summed E-state index contributed by atoms with van der Waals surface area (Å²) in [6.07, 6.45) is 1.62. The van der Waals surface area contributed by atoms with Crippen molar-refractivity contribution in [3.63, 3.8) is 0 Å². The van der Waals surface area contributed by atoms with Crippen molar-refractivity contribution in [1.82, 2.24) is 20.7 Å². The van der Waals surface area contributed by atoms with Crippen molar-refractivity contribution in [1.29, 1.82) is 0 Å². The third-order valence-electron chi connectivity index (χ3n) is 3.75. The summed E-state index contributed by atoms with van der Waals surface area (Å²) in [6.45, 7) is 0. The number of primary amides is 1. The van der Waals surface area contributed by atoms with Gasteiger partial charge < -0.3 is 15.6 Å². The smallest absolute Gasteiger partial charge is 0.287 e. The Morgan fingerprint density at radius 2 is 1.81 bits per heavy atom. The van der Waals surface area contributed by atoms with Crippen LogP contribution in [0.15, 0.2) is 59.3 Å². The summed E-state index contributed by atoms with van der Waals surface area (Å²) < 4.78 is 5.02. The van der Waals surface area contributed by atoms with Crippen LogP contribution in [0.1, 0.15) is 16.1 Å². The van der Waals surface area contributed by atoms with Gasteiger partial charge in [0.15, 0.2) is 0 Å². The van der Waals surface area contributed by atoms with Crippen molar-refractivity contribution in [2.24, 2.45) is 5.73 Å². The monoisotopic (exact) mass is 365 g/mol. The average molecular weight is 365 g/mol. The lowest BCUT2D eigenvalue weighted by Crippen LogP contribution is -2.47. The third kappa shape index (κ3) is 4.21. The maximum absolute atomic E-state index is 12.6. The van der Waals surface area contributed by atoms with Crippen molar-refractivity contribution < 1.29 is 18.9 Å². The van der Waals surface area contributed by atoms with E-state index in [4.69, 9.17) is 10.3 Å². The number of aromatic nitrogens is 3. The van der Waals surface area contributed by atoms with Gasteiger partial charge in [-0.2, -0.15) is 0 Å². The van der Waals surface area contributed by atoms with E-state index in [1.165, 1.54) is 6.20 Å². The number of ketones is 1. The van der Waals surface area contributed by atoms with Gasteiger partial charge in [-0.3, -0.25) is 19.4 Å². The Balaban J connectivity index is 1.84. The van der Waals surface area contributed by atoms with E-state index < -0.39 is 23.6 Å². The number of hydrogen-bond acceptors (Lipinski definition) is 7. The van der Waals surface area contributed by atoms with E-state index in [-0.39, 0.29) is 17.9 Å². The number of pyridine rings is 1. The predicted molar refractivity (Wildman–Crippen MR) is 93.1 cm³/mol. The normalized spacial score (nSPS) is 11.6. The summed E-state index contributed by atoms with van der Waals surface area (Å²) in [5.74, 6) is -2.73. The van der Waals surface area contributed by atoms with E-state index in [1.807, 2.05) is 6.07 Å². The standard InChI is InChI=1S/C18H15N5O4/c19-17(25)15(24)13(10-11-6-2-1-3-7-11)21-18(26)14-16(27-23-22-14)12-8-4-5-9-20-12/h1-9,13H,10H2,(H2,19,25)(H,21,26). The summed E-state index contributed by atoms with van der Waals surface area (Å²) in [5, 5.41) is 9.53. The van der Waals surface area contributed by atoms with Gasteiger partial charge in [0.2, 0.25) is 17.2 Å². The highest BCUT2D eigenvalue weighted by atomic mass is 16.5. The molecule has 27 heavy (non-hydrogen) atoms. The minimum absolute atomic E-state index is 0.0538. The van der Waals surface area contributed by atoms with Crippen LogP contribution in [0.25, 0.3) is 11.5 Å². The molecule has 1 aromatic carbocycles. The molecule has 0 fully saturated rings. The molecule has 2 heterocycles.